The highest BCUT2D eigenvalue weighted by Crippen LogP contribution is 2.17. The number of carbonyl (C=O) groups is 1. The third-order valence-electron chi connectivity index (χ3n) is 4.56. The van der Waals surface area contributed by atoms with Gasteiger partial charge in [-0.05, 0) is 18.6 Å². The summed E-state index contributed by atoms with van der Waals surface area (Å²) < 4.78 is 12.8. The Morgan fingerprint density at radius 3 is 3.03 bits per heavy atom. The van der Waals surface area contributed by atoms with E-state index in [1.807, 2.05) is 22.9 Å². The first-order valence-electron chi connectivity index (χ1n) is 9.96. The number of aryl methyl sites for hydroxylation is 1. The van der Waals surface area contributed by atoms with Crippen molar-refractivity contribution in [2.45, 2.75) is 39.0 Å². The molecule has 1 aromatic carbocycles. The zero-order chi connectivity index (χ0) is 21.3. The van der Waals surface area contributed by atoms with E-state index in [4.69, 9.17) is 9.47 Å². The quantitative estimate of drug-likeness (QED) is 0.334. The lowest BCUT2D eigenvalue weighted by Gasteiger charge is -2.25. The van der Waals surface area contributed by atoms with E-state index in [-0.39, 0.29) is 11.9 Å². The molecule has 3 rings (SSSR count). The highest BCUT2D eigenvalue weighted by atomic mass is 16.5. The second kappa shape index (κ2) is 10.6. The van der Waals surface area contributed by atoms with Gasteiger partial charge in [0, 0.05) is 45.3 Å². The largest absolute Gasteiger partial charge is 0.492 e. The van der Waals surface area contributed by atoms with Gasteiger partial charge in [0.2, 0.25) is 5.91 Å². The molecule has 0 saturated carbocycles. The molecule has 0 bridgehead atoms. The molecule has 1 atom stereocenters. The van der Waals surface area contributed by atoms with Crippen LogP contribution in [-0.2, 0) is 29.1 Å². The number of guanidine groups is 1. The van der Waals surface area contributed by atoms with E-state index >= 15 is 0 Å². The van der Waals surface area contributed by atoms with Crippen molar-refractivity contribution in [1.82, 2.24) is 25.4 Å². The molecule has 0 radical (unpaired) electrons. The minimum absolute atomic E-state index is 0.112. The van der Waals surface area contributed by atoms with E-state index < -0.39 is 0 Å². The number of methoxy groups -OCH3 is 1. The Morgan fingerprint density at radius 1 is 1.40 bits per heavy atom. The fourth-order valence-corrected chi connectivity index (χ4v) is 3.26. The summed E-state index contributed by atoms with van der Waals surface area (Å²) in [6.45, 7) is 3.69. The van der Waals surface area contributed by atoms with Crippen LogP contribution < -0.4 is 20.7 Å². The van der Waals surface area contributed by atoms with E-state index in [0.717, 1.165) is 37.0 Å². The fourth-order valence-electron chi connectivity index (χ4n) is 3.26. The molecule has 3 N–H and O–H groups in total. The van der Waals surface area contributed by atoms with Gasteiger partial charge in [0.1, 0.15) is 24.8 Å². The van der Waals surface area contributed by atoms with E-state index in [9.17, 15) is 4.79 Å². The third kappa shape index (κ3) is 6.18. The number of hydrogen-bond donors (Lipinski definition) is 3. The molecule has 1 aromatic heterocycles. The Labute approximate surface area is 176 Å². The number of amides is 1. The van der Waals surface area contributed by atoms with Crippen molar-refractivity contribution in [3.8, 4) is 5.75 Å². The smallest absolute Gasteiger partial charge is 0.221 e. The summed E-state index contributed by atoms with van der Waals surface area (Å²) in [5.74, 6) is 3.02. The van der Waals surface area contributed by atoms with Crippen molar-refractivity contribution < 1.29 is 14.3 Å². The third-order valence-corrected chi connectivity index (χ3v) is 4.56. The van der Waals surface area contributed by atoms with Gasteiger partial charge in [-0.2, -0.15) is 5.10 Å². The molecule has 2 aromatic rings. The van der Waals surface area contributed by atoms with E-state index in [1.54, 1.807) is 20.2 Å². The molecule has 2 heterocycles. The molecule has 1 amide bonds. The van der Waals surface area contributed by atoms with Crippen LogP contribution in [0.15, 0.2) is 29.3 Å². The lowest BCUT2D eigenvalue weighted by Crippen LogP contribution is -2.47. The summed E-state index contributed by atoms with van der Waals surface area (Å²) in [4.78, 5) is 19.9. The van der Waals surface area contributed by atoms with Crippen molar-refractivity contribution in [3.63, 3.8) is 0 Å². The van der Waals surface area contributed by atoms with Gasteiger partial charge < -0.3 is 25.4 Å². The molecule has 1 unspecified atom stereocenters. The standard InChI is InChI=1S/C20H29N7O3/c1-14(28)23-15-5-4-6-17(11-15)30-10-9-22-20(21-2)24-16-7-8-19-25-18(13-29-3)26-27(19)12-16/h4-6,11,16H,7-10,12-13H2,1-3H3,(H,23,28)(H2,21,22,24). The monoisotopic (exact) mass is 415 g/mol. The van der Waals surface area contributed by atoms with Gasteiger partial charge in [-0.1, -0.05) is 6.07 Å². The Morgan fingerprint density at radius 2 is 2.27 bits per heavy atom. The van der Waals surface area contributed by atoms with E-state index in [0.29, 0.717) is 31.2 Å². The summed E-state index contributed by atoms with van der Waals surface area (Å²) >= 11 is 0. The van der Waals surface area contributed by atoms with Crippen LogP contribution >= 0.6 is 0 Å². The maximum Gasteiger partial charge on any atom is 0.221 e. The van der Waals surface area contributed by atoms with Gasteiger partial charge >= 0.3 is 0 Å². The van der Waals surface area contributed by atoms with Gasteiger partial charge in [0.25, 0.3) is 0 Å². The molecule has 162 valence electrons. The van der Waals surface area contributed by atoms with Crippen molar-refractivity contribution in [2.24, 2.45) is 4.99 Å². The Bertz CT molecular complexity index is 881. The van der Waals surface area contributed by atoms with Crippen molar-refractivity contribution >= 4 is 17.6 Å². The molecule has 10 nitrogen and oxygen atoms in total. The number of hydrogen-bond acceptors (Lipinski definition) is 6. The number of nitrogens with one attached hydrogen (secondary N) is 3. The maximum absolute atomic E-state index is 11.2. The average Bonchev–Trinajstić information content (AvgIpc) is 3.12. The summed E-state index contributed by atoms with van der Waals surface area (Å²) in [6.07, 6.45) is 1.82. The molecule has 0 spiro atoms. The minimum atomic E-state index is -0.112. The van der Waals surface area contributed by atoms with Gasteiger partial charge in [-0.15, -0.1) is 0 Å². The first-order valence-corrected chi connectivity index (χ1v) is 9.96. The minimum Gasteiger partial charge on any atom is -0.492 e. The maximum atomic E-state index is 11.2. The fraction of sp³-hybridized carbons (Fsp3) is 0.500. The van der Waals surface area contributed by atoms with Crippen LogP contribution in [0.2, 0.25) is 0 Å². The molecule has 10 heteroatoms. The number of nitrogens with zero attached hydrogens (tertiary/aromatic N) is 4. The number of aliphatic imine (C=N–C) groups is 1. The highest BCUT2D eigenvalue weighted by Gasteiger charge is 2.22. The number of benzene rings is 1. The molecule has 30 heavy (non-hydrogen) atoms. The molecule has 0 saturated heterocycles. The zero-order valence-electron chi connectivity index (χ0n) is 17.6. The number of carbonyl (C=O) groups excluding carboxylic acids is 1. The SMILES string of the molecule is CN=C(NCCOc1cccc(NC(C)=O)c1)NC1CCc2nc(COC)nn2C1. The number of ether oxygens (including phenoxy) is 2. The Kier molecular flexibility index (Phi) is 7.61. The second-order valence-corrected chi connectivity index (χ2v) is 7.00. The van der Waals surface area contributed by atoms with Crippen LogP contribution in [0, 0.1) is 0 Å². The molecule has 1 aliphatic rings. The Balaban J connectivity index is 1.42. The van der Waals surface area contributed by atoms with Crippen LogP contribution in [0.5, 0.6) is 5.75 Å². The lowest BCUT2D eigenvalue weighted by atomic mass is 10.1. The van der Waals surface area contributed by atoms with Crippen molar-refractivity contribution in [2.75, 3.05) is 32.6 Å². The topological polar surface area (TPSA) is 115 Å². The van der Waals surface area contributed by atoms with Crippen molar-refractivity contribution in [3.05, 3.63) is 35.9 Å². The number of fused-ring (bicyclic) bond motifs is 1. The number of anilines is 1. The summed E-state index contributed by atoms with van der Waals surface area (Å²) in [5.41, 5.74) is 0.712. The number of rotatable bonds is 8. The molecular formula is C20H29N7O3. The van der Waals surface area contributed by atoms with E-state index in [1.165, 1.54) is 6.92 Å². The van der Waals surface area contributed by atoms with Crippen LogP contribution in [-0.4, -0.2) is 60.0 Å². The van der Waals surface area contributed by atoms with Gasteiger partial charge in [0.05, 0.1) is 13.1 Å². The Hall–Kier alpha value is -3.14. The van der Waals surface area contributed by atoms with Gasteiger partial charge in [-0.25, -0.2) is 9.67 Å². The molecule has 0 fully saturated rings. The second-order valence-electron chi connectivity index (χ2n) is 7.00. The first-order chi connectivity index (χ1) is 14.6. The van der Waals surface area contributed by atoms with Crippen LogP contribution in [0.4, 0.5) is 5.69 Å². The average molecular weight is 415 g/mol. The lowest BCUT2D eigenvalue weighted by molar-refractivity contribution is -0.114. The normalized spacial score (nSPS) is 16.0. The van der Waals surface area contributed by atoms with Crippen LogP contribution in [0.25, 0.3) is 0 Å². The molecule has 1 aliphatic heterocycles. The molecular weight excluding hydrogens is 386 g/mol. The predicted octanol–water partition coefficient (Wildman–Crippen LogP) is 0.942. The molecule has 0 aliphatic carbocycles. The number of aromatic nitrogens is 3. The highest BCUT2D eigenvalue weighted by molar-refractivity contribution is 5.88. The van der Waals surface area contributed by atoms with Crippen LogP contribution in [0.3, 0.4) is 0 Å². The predicted molar refractivity (Wildman–Crippen MR) is 114 cm³/mol. The summed E-state index contributed by atoms with van der Waals surface area (Å²) in [5, 5.41) is 13.9. The van der Waals surface area contributed by atoms with Gasteiger partial charge in [0.15, 0.2) is 11.8 Å². The summed E-state index contributed by atoms with van der Waals surface area (Å²) in [6, 6.07) is 7.53. The first kappa shape index (κ1) is 21.6. The summed E-state index contributed by atoms with van der Waals surface area (Å²) in [7, 11) is 3.39. The zero-order valence-corrected chi connectivity index (χ0v) is 17.6. The van der Waals surface area contributed by atoms with Gasteiger partial charge in [-0.3, -0.25) is 9.79 Å². The van der Waals surface area contributed by atoms with E-state index in [2.05, 4.69) is 31.0 Å². The van der Waals surface area contributed by atoms with Crippen LogP contribution in [0.1, 0.15) is 25.0 Å². The van der Waals surface area contributed by atoms with Crippen molar-refractivity contribution in [1.29, 1.82) is 0 Å².